The third kappa shape index (κ3) is 7.09. The monoisotopic (exact) mass is 570 g/mol. The van der Waals surface area contributed by atoms with Crippen LogP contribution in [0.5, 0.6) is 5.75 Å². The van der Waals surface area contributed by atoms with E-state index >= 15 is 0 Å². The number of aromatic nitrogens is 1. The molecule has 3 rings (SSSR count). The average molecular weight is 571 g/mol. The molecule has 1 saturated heterocycles. The maximum Gasteiger partial charge on any atom is 0.216 e. The molecule has 0 saturated carbocycles. The quantitative estimate of drug-likeness (QED) is 0.285. The second-order valence-corrected chi connectivity index (χ2v) is 9.51. The molecule has 1 aliphatic rings. The number of nitrogens with zero attached hydrogens (tertiary/aromatic N) is 2. The van der Waals surface area contributed by atoms with Crippen molar-refractivity contribution in [1.29, 1.82) is 0 Å². The standard InChI is InChI=1S/C25H38N4O3.HI/c1-7-26-23(28-16-22-27-15-21(32-22)24(3,4)5)29-17-25(10-12-31-13-11-25)19-14-18(2)8-9-20(19)30-6;/h8-9,14-15H,7,10-13,16-17H2,1-6H3,(H2,26,28,29);1H. The van der Waals surface area contributed by atoms with Gasteiger partial charge in [0, 0.05) is 42.7 Å². The van der Waals surface area contributed by atoms with E-state index in [2.05, 4.69) is 68.4 Å². The van der Waals surface area contributed by atoms with Gasteiger partial charge in [-0.25, -0.2) is 9.98 Å². The van der Waals surface area contributed by atoms with Crippen molar-refractivity contribution >= 4 is 29.9 Å². The summed E-state index contributed by atoms with van der Waals surface area (Å²) in [5.74, 6) is 3.16. The van der Waals surface area contributed by atoms with Crippen LogP contribution in [0.1, 0.15) is 63.3 Å². The minimum Gasteiger partial charge on any atom is -0.496 e. The van der Waals surface area contributed by atoms with Gasteiger partial charge in [0.25, 0.3) is 0 Å². The lowest BCUT2D eigenvalue weighted by molar-refractivity contribution is 0.0505. The summed E-state index contributed by atoms with van der Waals surface area (Å²) in [6.45, 7) is 13.9. The molecule has 33 heavy (non-hydrogen) atoms. The Bertz CT molecular complexity index is 915. The van der Waals surface area contributed by atoms with Crippen molar-refractivity contribution < 1.29 is 13.9 Å². The highest BCUT2D eigenvalue weighted by atomic mass is 127. The topological polar surface area (TPSA) is 80.9 Å². The van der Waals surface area contributed by atoms with Gasteiger partial charge in [-0.1, -0.05) is 38.5 Å². The molecule has 0 bridgehead atoms. The Labute approximate surface area is 215 Å². The van der Waals surface area contributed by atoms with Gasteiger partial charge in [-0.3, -0.25) is 0 Å². The molecule has 184 valence electrons. The summed E-state index contributed by atoms with van der Waals surface area (Å²) >= 11 is 0. The summed E-state index contributed by atoms with van der Waals surface area (Å²) in [6.07, 6.45) is 3.65. The first-order valence-corrected chi connectivity index (χ1v) is 11.5. The number of halogens is 1. The van der Waals surface area contributed by atoms with Crippen molar-refractivity contribution in [3.05, 3.63) is 47.2 Å². The summed E-state index contributed by atoms with van der Waals surface area (Å²) < 4.78 is 17.3. The van der Waals surface area contributed by atoms with Gasteiger partial charge in [0.1, 0.15) is 18.1 Å². The molecule has 0 spiro atoms. The molecular formula is C25H39IN4O3. The van der Waals surface area contributed by atoms with Gasteiger partial charge >= 0.3 is 0 Å². The Hall–Kier alpha value is -1.81. The van der Waals surface area contributed by atoms with Crippen molar-refractivity contribution in [3.8, 4) is 5.75 Å². The fourth-order valence-corrected chi connectivity index (χ4v) is 4.01. The van der Waals surface area contributed by atoms with Crippen molar-refractivity contribution in [2.75, 3.05) is 33.4 Å². The molecule has 8 heteroatoms. The van der Waals surface area contributed by atoms with Crippen molar-refractivity contribution in [3.63, 3.8) is 0 Å². The number of hydrogen-bond acceptors (Lipinski definition) is 5. The third-order valence-electron chi connectivity index (χ3n) is 5.98. The molecule has 1 aliphatic heterocycles. The zero-order valence-electron chi connectivity index (χ0n) is 20.8. The van der Waals surface area contributed by atoms with E-state index in [-0.39, 0.29) is 34.8 Å². The van der Waals surface area contributed by atoms with Crippen LogP contribution in [0.15, 0.2) is 33.8 Å². The SMILES string of the molecule is CCNC(=NCc1ncc(C(C)(C)C)o1)NCC1(c2cc(C)ccc2OC)CCOCC1.I. The zero-order chi connectivity index (χ0) is 23.2. The van der Waals surface area contributed by atoms with Gasteiger partial charge in [0.15, 0.2) is 5.96 Å². The average Bonchev–Trinajstić information content (AvgIpc) is 3.26. The van der Waals surface area contributed by atoms with Gasteiger partial charge in [0.05, 0.1) is 13.3 Å². The Morgan fingerprint density at radius 3 is 2.55 bits per heavy atom. The fourth-order valence-electron chi connectivity index (χ4n) is 4.01. The number of benzene rings is 1. The van der Waals surface area contributed by atoms with Gasteiger partial charge in [-0.15, -0.1) is 24.0 Å². The number of ether oxygens (including phenoxy) is 2. The molecule has 0 radical (unpaired) electrons. The smallest absolute Gasteiger partial charge is 0.216 e. The second-order valence-electron chi connectivity index (χ2n) is 9.51. The Kier molecular flexibility index (Phi) is 10.0. The van der Waals surface area contributed by atoms with Crippen LogP contribution in [0.4, 0.5) is 0 Å². The van der Waals surface area contributed by atoms with E-state index in [0.717, 1.165) is 56.6 Å². The van der Waals surface area contributed by atoms with E-state index in [1.54, 1.807) is 13.3 Å². The first-order valence-electron chi connectivity index (χ1n) is 11.5. The maximum atomic E-state index is 5.90. The predicted molar refractivity (Wildman–Crippen MR) is 143 cm³/mol. The zero-order valence-corrected chi connectivity index (χ0v) is 23.1. The highest BCUT2D eigenvalue weighted by molar-refractivity contribution is 14.0. The first kappa shape index (κ1) is 27.4. The van der Waals surface area contributed by atoms with E-state index in [9.17, 15) is 0 Å². The number of oxazole rings is 1. The van der Waals surface area contributed by atoms with Crippen molar-refractivity contribution in [2.45, 2.75) is 64.8 Å². The van der Waals surface area contributed by atoms with Crippen molar-refractivity contribution in [1.82, 2.24) is 15.6 Å². The lowest BCUT2D eigenvalue weighted by Gasteiger charge is -2.39. The number of methoxy groups -OCH3 is 1. The number of rotatable bonds is 7. The molecule has 0 unspecified atom stereocenters. The van der Waals surface area contributed by atoms with Gasteiger partial charge in [0.2, 0.25) is 5.89 Å². The summed E-state index contributed by atoms with van der Waals surface area (Å²) in [5.41, 5.74) is 2.30. The molecule has 1 aromatic heterocycles. The lowest BCUT2D eigenvalue weighted by Crippen LogP contribution is -2.48. The Morgan fingerprint density at radius 2 is 1.94 bits per heavy atom. The molecular weight excluding hydrogens is 531 g/mol. The molecule has 1 fully saturated rings. The normalized spacial score (nSPS) is 16.1. The molecule has 7 nitrogen and oxygen atoms in total. The highest BCUT2D eigenvalue weighted by Crippen LogP contribution is 2.40. The Balaban J connectivity index is 0.00000385. The number of hydrogen-bond donors (Lipinski definition) is 2. The third-order valence-corrected chi connectivity index (χ3v) is 5.98. The summed E-state index contributed by atoms with van der Waals surface area (Å²) in [5, 5.41) is 6.91. The number of aliphatic imine (C=N–C) groups is 1. The van der Waals surface area contributed by atoms with Gasteiger partial charge in [-0.2, -0.15) is 0 Å². The highest BCUT2D eigenvalue weighted by Gasteiger charge is 2.37. The van der Waals surface area contributed by atoms with Crippen LogP contribution in [0, 0.1) is 6.92 Å². The number of nitrogens with one attached hydrogen (secondary N) is 2. The molecule has 2 aromatic rings. The first-order chi connectivity index (χ1) is 15.3. The van der Waals surface area contributed by atoms with Crippen LogP contribution in [0.2, 0.25) is 0 Å². The van der Waals surface area contributed by atoms with E-state index in [0.29, 0.717) is 12.4 Å². The number of aryl methyl sites for hydroxylation is 1. The lowest BCUT2D eigenvalue weighted by atomic mass is 9.73. The van der Waals surface area contributed by atoms with E-state index in [1.807, 2.05) is 0 Å². The van der Waals surface area contributed by atoms with Crippen LogP contribution in [0.25, 0.3) is 0 Å². The van der Waals surface area contributed by atoms with E-state index in [4.69, 9.17) is 18.9 Å². The van der Waals surface area contributed by atoms with Crippen LogP contribution in [-0.4, -0.2) is 44.4 Å². The minimum atomic E-state index is -0.0891. The predicted octanol–water partition coefficient (Wildman–Crippen LogP) is 4.71. The van der Waals surface area contributed by atoms with E-state index < -0.39 is 0 Å². The maximum absolute atomic E-state index is 5.90. The van der Waals surface area contributed by atoms with Crippen LogP contribution >= 0.6 is 24.0 Å². The molecule has 2 N–H and O–H groups in total. The summed E-state index contributed by atoms with van der Waals surface area (Å²) in [7, 11) is 1.74. The fraction of sp³-hybridized carbons (Fsp3) is 0.600. The van der Waals surface area contributed by atoms with Crippen LogP contribution in [0.3, 0.4) is 0 Å². The molecule has 0 aliphatic carbocycles. The summed E-state index contributed by atoms with van der Waals surface area (Å²) in [4.78, 5) is 9.12. The second kappa shape index (κ2) is 12.1. The van der Waals surface area contributed by atoms with Gasteiger partial charge in [-0.05, 0) is 32.8 Å². The largest absolute Gasteiger partial charge is 0.496 e. The minimum absolute atomic E-state index is 0. The Morgan fingerprint density at radius 1 is 1.21 bits per heavy atom. The molecule has 2 heterocycles. The molecule has 0 atom stereocenters. The molecule has 0 amide bonds. The van der Waals surface area contributed by atoms with Gasteiger partial charge < -0.3 is 24.5 Å². The van der Waals surface area contributed by atoms with Crippen molar-refractivity contribution in [2.24, 2.45) is 4.99 Å². The molecule has 1 aromatic carbocycles. The number of guanidine groups is 1. The van der Waals surface area contributed by atoms with Crippen LogP contribution < -0.4 is 15.4 Å². The summed E-state index contributed by atoms with van der Waals surface area (Å²) in [6, 6.07) is 6.41. The van der Waals surface area contributed by atoms with Crippen LogP contribution in [-0.2, 0) is 22.1 Å². The van der Waals surface area contributed by atoms with E-state index in [1.165, 1.54) is 11.1 Å².